The van der Waals surface area contributed by atoms with Crippen molar-refractivity contribution in [2.45, 2.75) is 75.3 Å². The number of piperidine rings is 2. The fraction of sp³-hybridized carbons (Fsp3) is 0.514. The summed E-state index contributed by atoms with van der Waals surface area (Å²) in [7, 11) is 1.86. The van der Waals surface area contributed by atoms with Gasteiger partial charge in [0.05, 0.1) is 22.9 Å². The van der Waals surface area contributed by atoms with Crippen LogP contribution in [0, 0.1) is 0 Å². The summed E-state index contributed by atoms with van der Waals surface area (Å²) in [6, 6.07) is 15.2. The largest absolute Gasteiger partial charge is 0.481 e. The number of carbonyl (C=O) groups is 5. The molecule has 0 aromatic heterocycles. The maximum Gasteiger partial charge on any atom is 0.336 e. The molecule has 4 N–H and O–H groups in total. The number of hydrogen-bond acceptors (Lipinski definition) is 7. The zero-order chi connectivity index (χ0) is 36.4. The molecule has 2 heterocycles. The topological polar surface area (TPSA) is 176 Å². The molecule has 12 nitrogen and oxygen atoms in total. The summed E-state index contributed by atoms with van der Waals surface area (Å²) >= 11 is 12.6. The molecule has 49 heavy (non-hydrogen) atoms. The van der Waals surface area contributed by atoms with Gasteiger partial charge in [-0.2, -0.15) is 0 Å². The zero-order valence-electron chi connectivity index (χ0n) is 27.8. The number of carboxylic acid groups (broad SMARTS) is 3. The van der Waals surface area contributed by atoms with Gasteiger partial charge in [-0.1, -0.05) is 47.5 Å². The summed E-state index contributed by atoms with van der Waals surface area (Å²) < 4.78 is 0. The molecule has 0 aliphatic carbocycles. The van der Waals surface area contributed by atoms with E-state index in [2.05, 4.69) is 16.7 Å². The maximum atomic E-state index is 13.0. The number of nitrogens with zero attached hydrogens (tertiary/aromatic N) is 3. The van der Waals surface area contributed by atoms with Gasteiger partial charge in [0.25, 0.3) is 5.91 Å². The lowest BCUT2D eigenvalue weighted by atomic mass is 9.85. The van der Waals surface area contributed by atoms with Crippen molar-refractivity contribution in [3.63, 3.8) is 0 Å². The van der Waals surface area contributed by atoms with Crippen LogP contribution in [0.15, 0.2) is 48.5 Å². The Hall–Kier alpha value is -3.71. The van der Waals surface area contributed by atoms with E-state index in [1.165, 1.54) is 0 Å². The van der Waals surface area contributed by atoms with E-state index in [0.717, 1.165) is 63.8 Å². The number of likely N-dealkylation sites (tertiary alicyclic amines) is 2. The minimum atomic E-state index is -2.74. The van der Waals surface area contributed by atoms with E-state index >= 15 is 0 Å². The van der Waals surface area contributed by atoms with Gasteiger partial charge in [0.15, 0.2) is 5.60 Å². The fourth-order valence-corrected chi connectivity index (χ4v) is 6.61. The lowest BCUT2D eigenvalue weighted by Crippen LogP contribution is -2.57. The van der Waals surface area contributed by atoms with Crippen LogP contribution < -0.4 is 0 Å². The van der Waals surface area contributed by atoms with Crippen LogP contribution in [0.25, 0.3) is 0 Å². The molecular weight excluding hydrogens is 677 g/mol. The normalized spacial score (nSPS) is 17.0. The molecule has 4 rings (SSSR count). The Morgan fingerprint density at radius 1 is 0.918 bits per heavy atom. The van der Waals surface area contributed by atoms with Crippen molar-refractivity contribution in [2.75, 3.05) is 39.8 Å². The van der Waals surface area contributed by atoms with Crippen LogP contribution >= 0.6 is 23.2 Å². The second-order valence-corrected chi connectivity index (χ2v) is 13.8. The number of aliphatic carboxylic acids is 3. The van der Waals surface area contributed by atoms with Crippen LogP contribution in [0.4, 0.5) is 0 Å². The quantitative estimate of drug-likeness (QED) is 0.224. The third kappa shape index (κ3) is 11.4. The summed E-state index contributed by atoms with van der Waals surface area (Å²) in [4.78, 5) is 62.5. The SMILES string of the molecule is CN(C[C@@H](CCN1CCC(C)(N2CCCCC2=O)CC1)c1ccc(Cl)c(Cl)c1)C(=O)c1ccccc1.O=C(O)CC(O)(CC(=O)O)C(=O)O. The molecule has 2 aromatic rings. The molecule has 2 aliphatic rings. The number of carbonyl (C=O) groups excluding carboxylic acids is 2. The molecule has 0 unspecified atom stereocenters. The molecule has 14 heteroatoms. The highest BCUT2D eigenvalue weighted by atomic mass is 35.5. The first kappa shape index (κ1) is 39.7. The minimum Gasteiger partial charge on any atom is -0.481 e. The Balaban J connectivity index is 0.000000425. The predicted octanol–water partition coefficient (Wildman–Crippen LogP) is 4.86. The summed E-state index contributed by atoms with van der Waals surface area (Å²) in [5, 5.41) is 34.9. The lowest BCUT2D eigenvalue weighted by molar-refractivity contribution is -0.170. The second-order valence-electron chi connectivity index (χ2n) is 13.0. The number of halogens is 2. The van der Waals surface area contributed by atoms with Crippen LogP contribution in [-0.4, -0.2) is 116 Å². The van der Waals surface area contributed by atoms with Crippen LogP contribution in [0.3, 0.4) is 0 Å². The molecule has 268 valence electrons. The van der Waals surface area contributed by atoms with Crippen molar-refractivity contribution in [3.05, 3.63) is 69.7 Å². The van der Waals surface area contributed by atoms with Gasteiger partial charge in [0, 0.05) is 56.7 Å². The predicted molar refractivity (Wildman–Crippen MR) is 184 cm³/mol. The second kappa shape index (κ2) is 17.8. The van der Waals surface area contributed by atoms with Gasteiger partial charge in [0.2, 0.25) is 5.91 Å². The Bertz CT molecular complexity index is 1470. The van der Waals surface area contributed by atoms with Crippen LogP contribution in [0.2, 0.25) is 10.0 Å². The third-order valence-electron chi connectivity index (χ3n) is 9.26. The summed E-state index contributed by atoms with van der Waals surface area (Å²) in [5.41, 5.74) is -0.981. The highest BCUT2D eigenvalue weighted by Crippen LogP contribution is 2.33. The van der Waals surface area contributed by atoms with E-state index in [1.54, 1.807) is 4.90 Å². The zero-order valence-corrected chi connectivity index (χ0v) is 29.3. The molecule has 0 saturated carbocycles. The molecule has 2 saturated heterocycles. The lowest BCUT2D eigenvalue weighted by Gasteiger charge is -2.48. The van der Waals surface area contributed by atoms with Gasteiger partial charge >= 0.3 is 17.9 Å². The summed E-state index contributed by atoms with van der Waals surface area (Å²) in [5.74, 6) is -4.55. The number of carboxylic acids is 3. The molecule has 1 atom stereocenters. The van der Waals surface area contributed by atoms with Crippen molar-refractivity contribution in [1.29, 1.82) is 0 Å². The van der Waals surface area contributed by atoms with E-state index in [1.807, 2.05) is 55.6 Å². The van der Waals surface area contributed by atoms with Crippen molar-refractivity contribution in [1.82, 2.24) is 14.7 Å². The molecule has 2 aliphatic heterocycles. The smallest absolute Gasteiger partial charge is 0.336 e. The van der Waals surface area contributed by atoms with Crippen LogP contribution in [-0.2, 0) is 19.2 Å². The van der Waals surface area contributed by atoms with E-state index in [0.29, 0.717) is 34.5 Å². The molecule has 0 radical (unpaired) electrons. The molecule has 2 aromatic carbocycles. The minimum absolute atomic E-state index is 0.0144. The first-order valence-electron chi connectivity index (χ1n) is 16.2. The third-order valence-corrected chi connectivity index (χ3v) is 10.0. The Morgan fingerprint density at radius 3 is 2.06 bits per heavy atom. The highest BCUT2D eigenvalue weighted by Gasteiger charge is 2.41. The molecule has 0 bridgehead atoms. The number of amides is 2. The highest BCUT2D eigenvalue weighted by molar-refractivity contribution is 6.42. The standard InChI is InChI=1S/C29H37Cl2N3O2.C6H8O7/c1-29(34-16-7-6-10-27(34)35)14-18-33(19-15-29)17-13-24(23-11-12-25(30)26(31)20-23)21-32(2)28(36)22-8-4-3-5-9-22;7-3(8)1-6(13,5(11)12)2-4(9)10/h3-5,8-9,11-12,20,24H,6-7,10,13-19,21H2,1-2H3;13H,1-2H2,(H,7,8)(H,9,10)(H,11,12)/t24-;/m1./s1. The first-order chi connectivity index (χ1) is 23.0. The Labute approximate surface area is 296 Å². The first-order valence-corrected chi connectivity index (χ1v) is 17.0. The summed E-state index contributed by atoms with van der Waals surface area (Å²) in [6.45, 7) is 6.65. The maximum absolute atomic E-state index is 13.0. The van der Waals surface area contributed by atoms with E-state index in [-0.39, 0.29) is 17.4 Å². The molecular formula is C35H45Cl2N3O9. The van der Waals surface area contributed by atoms with E-state index < -0.39 is 36.4 Å². The number of likely N-dealkylation sites (N-methyl/N-ethyl adjacent to an activating group) is 1. The van der Waals surface area contributed by atoms with Crippen molar-refractivity contribution < 1.29 is 44.4 Å². The Kier molecular flexibility index (Phi) is 14.4. The van der Waals surface area contributed by atoms with Crippen LogP contribution in [0.5, 0.6) is 0 Å². The Morgan fingerprint density at radius 2 is 1.53 bits per heavy atom. The van der Waals surface area contributed by atoms with Gasteiger partial charge < -0.3 is 35.1 Å². The van der Waals surface area contributed by atoms with Gasteiger partial charge in [-0.25, -0.2) is 4.79 Å². The molecule has 2 fully saturated rings. The van der Waals surface area contributed by atoms with E-state index in [9.17, 15) is 24.0 Å². The number of hydrogen-bond donors (Lipinski definition) is 4. The van der Waals surface area contributed by atoms with Gasteiger partial charge in [0.1, 0.15) is 0 Å². The van der Waals surface area contributed by atoms with E-state index in [4.69, 9.17) is 43.6 Å². The van der Waals surface area contributed by atoms with Gasteiger partial charge in [-0.05, 0) is 75.4 Å². The fourth-order valence-electron chi connectivity index (χ4n) is 6.30. The average Bonchev–Trinajstić information content (AvgIpc) is 3.04. The molecule has 0 spiro atoms. The monoisotopic (exact) mass is 721 g/mol. The average molecular weight is 723 g/mol. The number of rotatable bonds is 13. The van der Waals surface area contributed by atoms with Gasteiger partial charge in [-0.3, -0.25) is 19.2 Å². The molecule has 2 amide bonds. The van der Waals surface area contributed by atoms with Gasteiger partial charge in [-0.15, -0.1) is 0 Å². The number of aliphatic hydroxyl groups is 1. The van der Waals surface area contributed by atoms with Crippen molar-refractivity contribution >= 4 is 52.9 Å². The van der Waals surface area contributed by atoms with Crippen LogP contribution in [0.1, 0.15) is 80.1 Å². The summed E-state index contributed by atoms with van der Waals surface area (Å²) in [6.07, 6.45) is 3.46. The van der Waals surface area contributed by atoms with Crippen molar-refractivity contribution in [3.8, 4) is 0 Å². The number of benzene rings is 2. The van der Waals surface area contributed by atoms with Crippen molar-refractivity contribution in [2.24, 2.45) is 0 Å².